The lowest BCUT2D eigenvalue weighted by molar-refractivity contribution is 0.196. The molecule has 1 atom stereocenters. The average Bonchev–Trinajstić information content (AvgIpc) is 2.17. The second-order valence-electron chi connectivity index (χ2n) is 3.19. The molecule has 0 saturated heterocycles. The van der Waals surface area contributed by atoms with Crippen LogP contribution >= 0.6 is 0 Å². The zero-order valence-corrected chi connectivity index (χ0v) is 9.28. The van der Waals surface area contributed by atoms with Crippen molar-refractivity contribution >= 4 is 10.0 Å². The summed E-state index contributed by atoms with van der Waals surface area (Å²) in [4.78, 5) is 4.04. The first-order valence-corrected chi connectivity index (χ1v) is 6.05. The molecular weight excluding hydrogens is 216 g/mol. The molecule has 1 unspecified atom stereocenters. The quantitative estimate of drug-likeness (QED) is 0.767. The van der Waals surface area contributed by atoms with Crippen LogP contribution in [0.3, 0.4) is 0 Å². The number of pyridine rings is 1. The van der Waals surface area contributed by atoms with Crippen molar-refractivity contribution < 1.29 is 13.2 Å². The number of rotatable bonds is 5. The molecule has 5 nitrogen and oxygen atoms in total. The lowest BCUT2D eigenvalue weighted by atomic mass is 10.2. The van der Waals surface area contributed by atoms with Crippen molar-refractivity contribution in [3.8, 4) is 0 Å². The highest BCUT2D eigenvalue weighted by Crippen LogP contribution is 2.05. The highest BCUT2D eigenvalue weighted by atomic mass is 32.2. The third kappa shape index (κ3) is 3.94. The van der Waals surface area contributed by atoms with Crippen LogP contribution in [0.2, 0.25) is 0 Å². The molecule has 0 aliphatic carbocycles. The Bertz CT molecular complexity index is 391. The monoisotopic (exact) mass is 230 g/mol. The van der Waals surface area contributed by atoms with E-state index in [1.807, 2.05) is 0 Å². The average molecular weight is 230 g/mol. The van der Waals surface area contributed by atoms with Crippen molar-refractivity contribution in [1.29, 1.82) is 0 Å². The van der Waals surface area contributed by atoms with E-state index in [0.29, 0.717) is 5.69 Å². The zero-order chi connectivity index (χ0) is 11.3. The van der Waals surface area contributed by atoms with Gasteiger partial charge in [-0.15, -0.1) is 0 Å². The van der Waals surface area contributed by atoms with Gasteiger partial charge in [0.1, 0.15) is 5.25 Å². The molecule has 84 valence electrons. The van der Waals surface area contributed by atoms with Gasteiger partial charge in [0, 0.05) is 25.4 Å². The molecule has 1 heterocycles. The first kappa shape index (κ1) is 12.1. The fourth-order valence-corrected chi connectivity index (χ4v) is 1.94. The Labute approximate surface area is 89.3 Å². The van der Waals surface area contributed by atoms with E-state index < -0.39 is 15.3 Å². The molecule has 2 N–H and O–H groups in total. The van der Waals surface area contributed by atoms with Crippen LogP contribution < -0.4 is 5.14 Å². The summed E-state index contributed by atoms with van der Waals surface area (Å²) in [6.07, 6.45) is 1.88. The van der Waals surface area contributed by atoms with Gasteiger partial charge in [0.15, 0.2) is 0 Å². The Morgan fingerprint density at radius 1 is 1.53 bits per heavy atom. The molecule has 0 aromatic carbocycles. The SMILES string of the molecule is COCC(Cc1ccccn1)S(N)(=O)=O. The first-order chi connectivity index (χ1) is 7.04. The van der Waals surface area contributed by atoms with Crippen molar-refractivity contribution in [2.24, 2.45) is 5.14 Å². The smallest absolute Gasteiger partial charge is 0.214 e. The fourth-order valence-electron chi connectivity index (χ4n) is 1.21. The van der Waals surface area contributed by atoms with E-state index >= 15 is 0 Å². The van der Waals surface area contributed by atoms with Crippen molar-refractivity contribution in [1.82, 2.24) is 4.98 Å². The van der Waals surface area contributed by atoms with Crippen LogP contribution in [-0.2, 0) is 21.2 Å². The van der Waals surface area contributed by atoms with Gasteiger partial charge in [-0.25, -0.2) is 13.6 Å². The summed E-state index contributed by atoms with van der Waals surface area (Å²) in [5, 5.41) is 4.34. The number of aromatic nitrogens is 1. The lowest BCUT2D eigenvalue weighted by Gasteiger charge is -2.12. The van der Waals surface area contributed by atoms with Crippen molar-refractivity contribution in [2.75, 3.05) is 13.7 Å². The molecule has 0 spiro atoms. The predicted octanol–water partition coefficient (Wildman–Crippen LogP) is -0.0724. The van der Waals surface area contributed by atoms with Gasteiger partial charge in [0.25, 0.3) is 0 Å². The zero-order valence-electron chi connectivity index (χ0n) is 8.46. The second kappa shape index (κ2) is 5.20. The maximum Gasteiger partial charge on any atom is 0.214 e. The molecule has 0 radical (unpaired) electrons. The van der Waals surface area contributed by atoms with Crippen LogP contribution in [0.4, 0.5) is 0 Å². The summed E-state index contributed by atoms with van der Waals surface area (Å²) in [5.74, 6) is 0. The molecule has 0 fully saturated rings. The van der Waals surface area contributed by atoms with Gasteiger partial charge in [0.05, 0.1) is 6.61 Å². The number of sulfonamides is 1. The van der Waals surface area contributed by atoms with E-state index in [9.17, 15) is 8.42 Å². The summed E-state index contributed by atoms with van der Waals surface area (Å²) >= 11 is 0. The van der Waals surface area contributed by atoms with Gasteiger partial charge in [0.2, 0.25) is 10.0 Å². The minimum Gasteiger partial charge on any atom is -0.383 e. The molecule has 6 heteroatoms. The molecule has 0 aliphatic rings. The Morgan fingerprint density at radius 3 is 2.73 bits per heavy atom. The number of ether oxygens (including phenoxy) is 1. The molecular formula is C9H14N2O3S. The van der Waals surface area contributed by atoms with Crippen molar-refractivity contribution in [2.45, 2.75) is 11.7 Å². The molecule has 1 aromatic heterocycles. The molecule has 1 aromatic rings. The normalized spacial score (nSPS) is 13.7. The highest BCUT2D eigenvalue weighted by molar-refractivity contribution is 7.89. The van der Waals surface area contributed by atoms with Crippen LogP contribution in [0.5, 0.6) is 0 Å². The van der Waals surface area contributed by atoms with Crippen molar-refractivity contribution in [3.05, 3.63) is 30.1 Å². The van der Waals surface area contributed by atoms with E-state index in [2.05, 4.69) is 4.98 Å². The summed E-state index contributed by atoms with van der Waals surface area (Å²) in [6.45, 7) is 0.0788. The molecule has 0 saturated carbocycles. The standard InChI is InChI=1S/C9H14N2O3S/c1-14-7-9(15(10,12)13)6-8-4-2-3-5-11-8/h2-5,9H,6-7H2,1H3,(H2,10,12,13). The summed E-state index contributed by atoms with van der Waals surface area (Å²) < 4.78 is 27.2. The van der Waals surface area contributed by atoms with Gasteiger partial charge in [-0.2, -0.15) is 0 Å². The molecule has 0 aliphatic heterocycles. The minimum atomic E-state index is -3.59. The van der Waals surface area contributed by atoms with E-state index in [1.54, 1.807) is 24.4 Å². The maximum atomic E-state index is 11.2. The number of primary sulfonamides is 1. The third-order valence-electron chi connectivity index (χ3n) is 1.98. The fraction of sp³-hybridized carbons (Fsp3) is 0.444. The number of nitrogens with two attached hydrogens (primary N) is 1. The molecule has 1 rings (SSSR count). The van der Waals surface area contributed by atoms with Gasteiger partial charge < -0.3 is 4.74 Å². The number of methoxy groups -OCH3 is 1. The van der Waals surface area contributed by atoms with E-state index in [0.717, 1.165) is 0 Å². The van der Waals surface area contributed by atoms with E-state index in [4.69, 9.17) is 9.88 Å². The second-order valence-corrected chi connectivity index (χ2v) is 5.04. The number of hydrogen-bond acceptors (Lipinski definition) is 4. The van der Waals surface area contributed by atoms with Gasteiger partial charge >= 0.3 is 0 Å². The Kier molecular flexibility index (Phi) is 4.19. The molecule has 0 bridgehead atoms. The van der Waals surface area contributed by atoms with Gasteiger partial charge in [-0.3, -0.25) is 4.98 Å². The van der Waals surface area contributed by atoms with Crippen molar-refractivity contribution in [3.63, 3.8) is 0 Å². The topological polar surface area (TPSA) is 82.3 Å². The Hall–Kier alpha value is -0.980. The van der Waals surface area contributed by atoms with E-state index in [-0.39, 0.29) is 13.0 Å². The third-order valence-corrected chi connectivity index (χ3v) is 3.21. The Morgan fingerprint density at radius 2 is 2.27 bits per heavy atom. The van der Waals surface area contributed by atoms with Crippen LogP contribution in [0.1, 0.15) is 5.69 Å². The maximum absolute atomic E-state index is 11.2. The Balaban J connectivity index is 2.76. The number of hydrogen-bond donors (Lipinski definition) is 1. The lowest BCUT2D eigenvalue weighted by Crippen LogP contribution is -2.34. The van der Waals surface area contributed by atoms with Gasteiger partial charge in [-0.05, 0) is 12.1 Å². The van der Waals surface area contributed by atoms with Crippen LogP contribution in [0.15, 0.2) is 24.4 Å². The molecule has 0 amide bonds. The van der Waals surface area contributed by atoms with E-state index in [1.165, 1.54) is 7.11 Å². The first-order valence-electron chi connectivity index (χ1n) is 4.44. The summed E-state index contributed by atoms with van der Waals surface area (Å²) in [6, 6.07) is 5.33. The predicted molar refractivity (Wildman–Crippen MR) is 56.7 cm³/mol. The van der Waals surface area contributed by atoms with Crippen LogP contribution in [0.25, 0.3) is 0 Å². The minimum absolute atomic E-state index is 0.0788. The molecule has 15 heavy (non-hydrogen) atoms. The largest absolute Gasteiger partial charge is 0.383 e. The number of nitrogens with zero attached hydrogens (tertiary/aromatic N) is 1. The van der Waals surface area contributed by atoms with Gasteiger partial charge in [-0.1, -0.05) is 6.07 Å². The highest BCUT2D eigenvalue weighted by Gasteiger charge is 2.22. The summed E-state index contributed by atoms with van der Waals surface area (Å²) in [7, 11) is -2.15. The van der Waals surface area contributed by atoms with Crippen LogP contribution in [-0.4, -0.2) is 32.4 Å². The van der Waals surface area contributed by atoms with Crippen LogP contribution in [0, 0.1) is 0 Å². The summed E-state index contributed by atoms with van der Waals surface area (Å²) in [5.41, 5.74) is 0.688.